The standard InChI is InChI=1S/C21H45N2O3PS/c1-12-20(24)28-15-21(10,11)25-13-14-26-27(22(16(2)3)17(4)5)23(18(6)7)19(8)9/h16-19H,12-15H2,1-11H3. The van der Waals surface area contributed by atoms with Gasteiger partial charge in [-0.25, -0.2) is 9.34 Å². The Bertz CT molecular complexity index is 409. The maximum absolute atomic E-state index is 11.6. The molecule has 0 aliphatic carbocycles. The Hall–Kier alpha value is 0.290. The minimum absolute atomic E-state index is 0.213. The second kappa shape index (κ2) is 13.6. The third-order valence-corrected chi connectivity index (χ3v) is 8.67. The fraction of sp³-hybridized carbons (Fsp3) is 0.952. The Morgan fingerprint density at radius 2 is 1.32 bits per heavy atom. The van der Waals surface area contributed by atoms with Gasteiger partial charge >= 0.3 is 0 Å². The molecule has 7 heteroatoms. The van der Waals surface area contributed by atoms with Crippen LogP contribution in [0.25, 0.3) is 0 Å². The van der Waals surface area contributed by atoms with Crippen LogP contribution in [0.4, 0.5) is 0 Å². The van der Waals surface area contributed by atoms with E-state index < -0.39 is 8.45 Å². The second-order valence-corrected chi connectivity index (χ2v) is 11.6. The molecule has 0 spiro atoms. The van der Waals surface area contributed by atoms with Crippen molar-refractivity contribution in [3.8, 4) is 0 Å². The molecule has 0 aliphatic rings. The van der Waals surface area contributed by atoms with E-state index in [0.717, 1.165) is 0 Å². The first kappa shape index (κ1) is 28.3. The molecule has 0 fully saturated rings. The van der Waals surface area contributed by atoms with E-state index in [1.54, 1.807) is 0 Å². The lowest BCUT2D eigenvalue weighted by Crippen LogP contribution is -2.43. The maximum atomic E-state index is 11.6. The van der Waals surface area contributed by atoms with Crippen molar-refractivity contribution in [2.24, 2.45) is 0 Å². The smallest absolute Gasteiger partial charge is 0.189 e. The summed E-state index contributed by atoms with van der Waals surface area (Å²) in [5.41, 5.74) is -0.340. The van der Waals surface area contributed by atoms with Gasteiger partial charge < -0.3 is 9.26 Å². The van der Waals surface area contributed by atoms with Crippen LogP contribution < -0.4 is 0 Å². The topological polar surface area (TPSA) is 42.0 Å². The average Bonchev–Trinajstić information content (AvgIpc) is 2.55. The minimum atomic E-state index is -0.886. The predicted octanol–water partition coefficient (Wildman–Crippen LogP) is 5.93. The van der Waals surface area contributed by atoms with Crippen molar-refractivity contribution >= 4 is 25.3 Å². The highest BCUT2D eigenvalue weighted by Gasteiger charge is 2.34. The molecule has 0 bridgehead atoms. The molecular formula is C21H45N2O3PS. The zero-order chi connectivity index (χ0) is 22.1. The molecule has 5 nitrogen and oxygen atoms in total. The number of carbonyl (C=O) groups excluding carboxylic acids is 1. The van der Waals surface area contributed by atoms with Crippen LogP contribution in [0.2, 0.25) is 0 Å². The van der Waals surface area contributed by atoms with Gasteiger partial charge in [0.05, 0.1) is 18.8 Å². The molecule has 28 heavy (non-hydrogen) atoms. The summed E-state index contributed by atoms with van der Waals surface area (Å²) in [6, 6.07) is 1.61. The van der Waals surface area contributed by atoms with E-state index in [2.05, 4.69) is 64.7 Å². The number of nitrogens with zero attached hydrogens (tertiary/aromatic N) is 2. The maximum Gasteiger partial charge on any atom is 0.189 e. The molecule has 0 aromatic heterocycles. The van der Waals surface area contributed by atoms with Gasteiger partial charge in [0.1, 0.15) is 0 Å². The van der Waals surface area contributed by atoms with E-state index in [1.165, 1.54) is 11.8 Å². The number of hydrogen-bond donors (Lipinski definition) is 0. The Kier molecular flexibility index (Phi) is 13.7. The third-order valence-electron chi connectivity index (χ3n) is 4.16. The predicted molar refractivity (Wildman–Crippen MR) is 125 cm³/mol. The molecule has 0 heterocycles. The molecule has 0 aromatic carbocycles. The first-order valence-electron chi connectivity index (χ1n) is 10.6. The van der Waals surface area contributed by atoms with Crippen molar-refractivity contribution in [2.75, 3.05) is 19.0 Å². The number of ether oxygens (including phenoxy) is 1. The van der Waals surface area contributed by atoms with Crippen molar-refractivity contribution in [1.82, 2.24) is 9.34 Å². The van der Waals surface area contributed by atoms with Crippen LogP contribution in [0.3, 0.4) is 0 Å². The zero-order valence-corrected chi connectivity index (χ0v) is 21.8. The number of hydrogen-bond acceptors (Lipinski definition) is 6. The van der Waals surface area contributed by atoms with Gasteiger partial charge in [0.2, 0.25) is 0 Å². The summed E-state index contributed by atoms with van der Waals surface area (Å²) in [4.78, 5) is 11.6. The monoisotopic (exact) mass is 436 g/mol. The van der Waals surface area contributed by atoms with Crippen LogP contribution in [0.5, 0.6) is 0 Å². The molecule has 0 aliphatic heterocycles. The fourth-order valence-corrected chi connectivity index (χ4v) is 6.19. The summed E-state index contributed by atoms with van der Waals surface area (Å²) in [5, 5.41) is 0.213. The summed E-state index contributed by atoms with van der Waals surface area (Å²) in [5.74, 6) is 0.669. The summed E-state index contributed by atoms with van der Waals surface area (Å²) < 4.78 is 17.5. The van der Waals surface area contributed by atoms with Gasteiger partial charge in [-0.15, -0.1) is 0 Å². The van der Waals surface area contributed by atoms with Crippen LogP contribution in [0.1, 0.15) is 82.6 Å². The molecule has 0 unspecified atom stereocenters. The third kappa shape index (κ3) is 10.4. The van der Waals surface area contributed by atoms with E-state index in [-0.39, 0.29) is 10.7 Å². The van der Waals surface area contributed by atoms with Gasteiger partial charge in [-0.1, -0.05) is 18.7 Å². The summed E-state index contributed by atoms with van der Waals surface area (Å²) >= 11 is 1.36. The molecule has 168 valence electrons. The van der Waals surface area contributed by atoms with Crippen molar-refractivity contribution in [1.29, 1.82) is 0 Å². The van der Waals surface area contributed by atoms with Crippen LogP contribution in [0, 0.1) is 0 Å². The molecule has 0 saturated heterocycles. The summed E-state index contributed by atoms with van der Waals surface area (Å²) in [6.07, 6.45) is 0.564. The Labute approximate surface area is 180 Å². The normalized spacial score (nSPS) is 13.4. The van der Waals surface area contributed by atoms with Gasteiger partial charge in [-0.2, -0.15) is 0 Å². The van der Waals surface area contributed by atoms with E-state index >= 15 is 0 Å². The van der Waals surface area contributed by atoms with Crippen molar-refractivity contribution in [2.45, 2.75) is 112 Å². The lowest BCUT2D eigenvalue weighted by Gasteiger charge is -2.45. The molecule has 0 N–H and O–H groups in total. The molecule has 0 aromatic rings. The van der Waals surface area contributed by atoms with Crippen molar-refractivity contribution < 1.29 is 14.1 Å². The van der Waals surface area contributed by atoms with Gasteiger partial charge in [0.15, 0.2) is 13.6 Å². The Morgan fingerprint density at radius 1 is 0.893 bits per heavy atom. The lowest BCUT2D eigenvalue weighted by atomic mass is 10.2. The van der Waals surface area contributed by atoms with Gasteiger partial charge in [-0.05, 0) is 69.2 Å². The van der Waals surface area contributed by atoms with E-state index in [1.807, 2.05) is 20.8 Å². The zero-order valence-electron chi connectivity index (χ0n) is 20.1. The number of carbonyl (C=O) groups is 1. The van der Waals surface area contributed by atoms with Crippen molar-refractivity contribution in [3.63, 3.8) is 0 Å². The molecule has 0 amide bonds. The Balaban J connectivity index is 5.00. The number of rotatable bonds is 14. The number of thioether (sulfide) groups is 1. The molecule has 0 radical (unpaired) electrons. The Morgan fingerprint density at radius 3 is 1.68 bits per heavy atom. The van der Waals surface area contributed by atoms with Crippen LogP contribution >= 0.6 is 20.2 Å². The summed E-state index contributed by atoms with van der Waals surface area (Å²) in [7, 11) is -0.886. The first-order chi connectivity index (χ1) is 12.8. The fourth-order valence-electron chi connectivity index (χ4n) is 3.07. The lowest BCUT2D eigenvalue weighted by molar-refractivity contribution is -0.110. The van der Waals surface area contributed by atoms with E-state index in [4.69, 9.17) is 9.26 Å². The highest BCUT2D eigenvalue weighted by Crippen LogP contribution is 2.50. The first-order valence-corrected chi connectivity index (χ1v) is 12.8. The van der Waals surface area contributed by atoms with Crippen LogP contribution in [0.15, 0.2) is 0 Å². The van der Waals surface area contributed by atoms with E-state index in [0.29, 0.717) is 49.6 Å². The van der Waals surface area contributed by atoms with E-state index in [9.17, 15) is 4.79 Å². The van der Waals surface area contributed by atoms with Gasteiger partial charge in [-0.3, -0.25) is 4.79 Å². The average molecular weight is 437 g/mol. The SMILES string of the molecule is CCC(=O)SCC(C)(C)OCCOP(N(C(C)C)C(C)C)N(C(C)C)C(C)C. The van der Waals surface area contributed by atoms with Crippen LogP contribution in [-0.4, -0.2) is 63.2 Å². The van der Waals surface area contributed by atoms with Gasteiger partial charge in [0, 0.05) is 36.3 Å². The minimum Gasteiger partial charge on any atom is -0.372 e. The summed E-state index contributed by atoms with van der Waals surface area (Å²) in [6.45, 7) is 24.9. The van der Waals surface area contributed by atoms with Gasteiger partial charge in [0.25, 0.3) is 0 Å². The molecule has 0 saturated carbocycles. The van der Waals surface area contributed by atoms with Crippen LogP contribution in [-0.2, 0) is 14.1 Å². The quantitative estimate of drug-likeness (QED) is 0.248. The van der Waals surface area contributed by atoms with Crippen molar-refractivity contribution in [3.05, 3.63) is 0 Å². The second-order valence-electron chi connectivity index (χ2n) is 8.84. The molecule has 0 atom stereocenters. The highest BCUT2D eigenvalue weighted by molar-refractivity contribution is 8.13. The molecular weight excluding hydrogens is 391 g/mol. The highest BCUT2D eigenvalue weighted by atomic mass is 32.2. The molecule has 0 rings (SSSR count). The largest absolute Gasteiger partial charge is 0.372 e.